The second-order valence-electron chi connectivity index (χ2n) is 9.19. The predicted molar refractivity (Wildman–Crippen MR) is 137 cm³/mol. The molecule has 0 aliphatic carbocycles. The minimum Gasteiger partial charge on any atom is -0.383 e. The lowest BCUT2D eigenvalue weighted by molar-refractivity contribution is 0.0342. The lowest BCUT2D eigenvalue weighted by Gasteiger charge is -2.26. The van der Waals surface area contributed by atoms with E-state index in [1.165, 1.54) is 23.0 Å². The molecule has 1 unspecified atom stereocenters. The van der Waals surface area contributed by atoms with Gasteiger partial charge in [0.1, 0.15) is 12.1 Å². The molecule has 6 rings (SSSR count). The summed E-state index contributed by atoms with van der Waals surface area (Å²) in [5, 5.41) is 5.64. The molecule has 0 saturated carbocycles. The average molecular weight is 468 g/mol. The number of benzene rings is 1. The highest BCUT2D eigenvalue weighted by molar-refractivity contribution is 5.88. The predicted octanol–water partition coefficient (Wildman–Crippen LogP) is 4.08. The van der Waals surface area contributed by atoms with Crippen LogP contribution in [-0.2, 0) is 11.3 Å². The molecular weight excluding hydrogens is 438 g/mol. The maximum absolute atomic E-state index is 6.15. The first-order valence-electron chi connectivity index (χ1n) is 12.0. The number of ether oxygens (including phenoxy) is 1. The van der Waals surface area contributed by atoms with E-state index in [0.29, 0.717) is 5.82 Å². The van der Waals surface area contributed by atoms with Crippen molar-refractivity contribution in [2.75, 3.05) is 32.0 Å². The topological polar surface area (TPSA) is 86.5 Å². The number of rotatable bonds is 5. The number of aryl methyl sites for hydroxylation is 1. The number of hydrogen-bond donors (Lipinski definition) is 1. The molecule has 178 valence electrons. The van der Waals surface area contributed by atoms with Crippen molar-refractivity contribution in [2.24, 2.45) is 0 Å². The van der Waals surface area contributed by atoms with Crippen molar-refractivity contribution in [3.05, 3.63) is 77.9 Å². The van der Waals surface area contributed by atoms with E-state index in [-0.39, 0.29) is 6.04 Å². The number of aromatic nitrogens is 5. The van der Waals surface area contributed by atoms with Crippen LogP contribution < -0.4 is 5.73 Å². The van der Waals surface area contributed by atoms with Gasteiger partial charge < -0.3 is 14.9 Å². The smallest absolute Gasteiger partial charge is 0.164 e. The number of nitrogens with two attached hydrogens (primary N) is 1. The molecule has 0 bridgehead atoms. The van der Waals surface area contributed by atoms with E-state index < -0.39 is 0 Å². The molecule has 2 N–H and O–H groups in total. The van der Waals surface area contributed by atoms with E-state index >= 15 is 0 Å². The highest BCUT2D eigenvalue weighted by Crippen LogP contribution is 2.35. The maximum atomic E-state index is 6.15. The molecule has 1 aromatic carbocycles. The third kappa shape index (κ3) is 3.84. The molecule has 1 aliphatic rings. The molecule has 35 heavy (non-hydrogen) atoms. The number of nitrogens with zero attached hydrogens (tertiary/aromatic N) is 6. The molecule has 5 heterocycles. The Hall–Kier alpha value is -3.75. The first-order valence-corrected chi connectivity index (χ1v) is 12.0. The van der Waals surface area contributed by atoms with Crippen molar-refractivity contribution in [1.82, 2.24) is 29.0 Å². The van der Waals surface area contributed by atoms with Crippen LogP contribution in [0.25, 0.3) is 27.8 Å². The zero-order valence-corrected chi connectivity index (χ0v) is 20.1. The van der Waals surface area contributed by atoms with E-state index in [1.807, 2.05) is 11.6 Å². The van der Waals surface area contributed by atoms with Gasteiger partial charge in [-0.15, -0.1) is 0 Å². The molecule has 0 spiro atoms. The first-order chi connectivity index (χ1) is 17.1. The van der Waals surface area contributed by atoms with Gasteiger partial charge in [-0.2, -0.15) is 5.10 Å². The zero-order valence-electron chi connectivity index (χ0n) is 20.1. The van der Waals surface area contributed by atoms with Gasteiger partial charge in [0.15, 0.2) is 5.65 Å². The third-order valence-electron chi connectivity index (χ3n) is 6.96. The molecule has 1 aliphatic heterocycles. The van der Waals surface area contributed by atoms with E-state index in [1.54, 1.807) is 0 Å². The molecule has 0 amide bonds. The average Bonchev–Trinajstić information content (AvgIpc) is 3.44. The van der Waals surface area contributed by atoms with Crippen LogP contribution in [0.3, 0.4) is 0 Å². The summed E-state index contributed by atoms with van der Waals surface area (Å²) < 4.78 is 9.71. The summed E-state index contributed by atoms with van der Waals surface area (Å²) in [6, 6.07) is 17.4. The zero-order chi connectivity index (χ0) is 23.9. The third-order valence-corrected chi connectivity index (χ3v) is 6.96. The minimum absolute atomic E-state index is 0.0524. The van der Waals surface area contributed by atoms with Crippen LogP contribution in [0.2, 0.25) is 0 Å². The van der Waals surface area contributed by atoms with Crippen molar-refractivity contribution in [3.8, 4) is 11.3 Å². The van der Waals surface area contributed by atoms with Crippen molar-refractivity contribution < 1.29 is 4.74 Å². The summed E-state index contributed by atoms with van der Waals surface area (Å²) in [4.78, 5) is 11.1. The second-order valence-corrected chi connectivity index (χ2v) is 9.19. The Morgan fingerprint density at radius 1 is 1.06 bits per heavy atom. The Labute approximate surface area is 204 Å². The standard InChI is InChI=1S/C27H29N7O/c1-18-24-26(28)29-17-30-27(24)34(31-18)19(2)23-15-22-5-3-4-10-33(22)25(23)21-8-6-20(7-9-21)16-32-11-13-35-14-12-32/h3-10,15,17,19H,11-14,16H2,1-2H3,(H2,28,29,30). The van der Waals surface area contributed by atoms with Crippen LogP contribution >= 0.6 is 0 Å². The first kappa shape index (κ1) is 21.8. The monoisotopic (exact) mass is 467 g/mol. The minimum atomic E-state index is -0.0524. The van der Waals surface area contributed by atoms with Crippen LogP contribution in [0, 0.1) is 6.92 Å². The van der Waals surface area contributed by atoms with Gasteiger partial charge in [0.25, 0.3) is 0 Å². The Kier molecular flexibility index (Phi) is 5.47. The van der Waals surface area contributed by atoms with E-state index in [4.69, 9.17) is 15.6 Å². The molecular formula is C27H29N7O. The summed E-state index contributed by atoms with van der Waals surface area (Å²) in [6.45, 7) is 8.66. The fourth-order valence-corrected chi connectivity index (χ4v) is 5.13. The van der Waals surface area contributed by atoms with Crippen LogP contribution in [0.5, 0.6) is 0 Å². The van der Waals surface area contributed by atoms with Gasteiger partial charge >= 0.3 is 0 Å². The molecule has 1 fully saturated rings. The molecule has 1 saturated heterocycles. The van der Waals surface area contributed by atoms with Crippen LogP contribution in [0.4, 0.5) is 5.82 Å². The molecule has 0 radical (unpaired) electrons. The normalized spacial score (nSPS) is 15.7. The maximum Gasteiger partial charge on any atom is 0.164 e. The number of anilines is 1. The quantitative estimate of drug-likeness (QED) is 0.419. The molecule has 8 heteroatoms. The lowest BCUT2D eigenvalue weighted by Crippen LogP contribution is -2.35. The lowest BCUT2D eigenvalue weighted by atomic mass is 10.0. The van der Waals surface area contributed by atoms with Gasteiger partial charge in [-0.05, 0) is 43.2 Å². The van der Waals surface area contributed by atoms with Crippen LogP contribution in [0.15, 0.2) is 61.1 Å². The summed E-state index contributed by atoms with van der Waals surface area (Å²) >= 11 is 0. The Bertz CT molecular complexity index is 1500. The van der Waals surface area contributed by atoms with Gasteiger partial charge in [0.2, 0.25) is 0 Å². The Morgan fingerprint density at radius 3 is 2.66 bits per heavy atom. The van der Waals surface area contributed by atoms with Crippen molar-refractivity contribution in [3.63, 3.8) is 0 Å². The Morgan fingerprint density at radius 2 is 1.86 bits per heavy atom. The van der Waals surface area contributed by atoms with Gasteiger partial charge in [0.05, 0.1) is 36.0 Å². The summed E-state index contributed by atoms with van der Waals surface area (Å²) in [7, 11) is 0. The van der Waals surface area contributed by atoms with Crippen molar-refractivity contribution in [1.29, 1.82) is 0 Å². The number of morpholine rings is 1. The van der Waals surface area contributed by atoms with Crippen molar-refractivity contribution >= 4 is 22.4 Å². The largest absolute Gasteiger partial charge is 0.383 e. The van der Waals surface area contributed by atoms with E-state index in [0.717, 1.165) is 60.8 Å². The molecule has 5 aromatic rings. The van der Waals surface area contributed by atoms with Crippen LogP contribution in [0.1, 0.15) is 29.8 Å². The van der Waals surface area contributed by atoms with Gasteiger partial charge in [-0.25, -0.2) is 14.6 Å². The summed E-state index contributed by atoms with van der Waals surface area (Å²) in [6.07, 6.45) is 3.63. The highest BCUT2D eigenvalue weighted by atomic mass is 16.5. The van der Waals surface area contributed by atoms with Gasteiger partial charge in [0, 0.05) is 36.9 Å². The van der Waals surface area contributed by atoms with Crippen LogP contribution in [-0.4, -0.2) is 55.4 Å². The molecule has 8 nitrogen and oxygen atoms in total. The second kappa shape index (κ2) is 8.79. The molecule has 1 atom stereocenters. The SMILES string of the molecule is Cc1nn(C(C)c2cc3ccccn3c2-c2ccc(CN3CCOCC3)cc2)c2ncnc(N)c12. The van der Waals surface area contributed by atoms with Gasteiger partial charge in [-0.3, -0.25) is 4.90 Å². The van der Waals surface area contributed by atoms with E-state index in [9.17, 15) is 0 Å². The number of nitrogen functional groups attached to an aromatic ring is 1. The fraction of sp³-hybridized carbons (Fsp3) is 0.296. The van der Waals surface area contributed by atoms with Gasteiger partial charge in [-0.1, -0.05) is 30.3 Å². The Balaban J connectivity index is 1.42. The number of fused-ring (bicyclic) bond motifs is 2. The number of pyridine rings is 1. The number of hydrogen-bond acceptors (Lipinski definition) is 6. The highest BCUT2D eigenvalue weighted by Gasteiger charge is 2.23. The van der Waals surface area contributed by atoms with E-state index in [2.05, 4.69) is 80.9 Å². The fourth-order valence-electron chi connectivity index (χ4n) is 5.13. The summed E-state index contributed by atoms with van der Waals surface area (Å²) in [5.41, 5.74) is 13.7. The van der Waals surface area contributed by atoms with Crippen molar-refractivity contribution in [2.45, 2.75) is 26.4 Å². The summed E-state index contributed by atoms with van der Waals surface area (Å²) in [5.74, 6) is 0.462. The molecule has 4 aromatic heterocycles.